The number of fused-ring (bicyclic) bond motifs is 1. The smallest absolute Gasteiger partial charge is 0.123 e. The first-order chi connectivity index (χ1) is 10.1. The van der Waals surface area contributed by atoms with E-state index in [1.807, 2.05) is 18.2 Å². The maximum absolute atomic E-state index is 13.3. The lowest BCUT2D eigenvalue weighted by atomic mass is 9.99. The van der Waals surface area contributed by atoms with Gasteiger partial charge in [-0.15, -0.1) is 0 Å². The standard InChI is InChI=1S/C16H13BrFN3/c17-13-3-2-12(18)7-11(13)8-14(19)10-1-4-15-16(9-10)21-6-5-20-15/h1-7,9,14H,8,19H2. The van der Waals surface area contributed by atoms with Gasteiger partial charge < -0.3 is 5.73 Å². The summed E-state index contributed by atoms with van der Waals surface area (Å²) in [6.45, 7) is 0. The molecule has 2 aromatic carbocycles. The predicted octanol–water partition coefficient (Wildman–Crippen LogP) is 3.77. The van der Waals surface area contributed by atoms with E-state index >= 15 is 0 Å². The molecule has 0 spiro atoms. The minimum absolute atomic E-state index is 0.227. The molecule has 3 rings (SSSR count). The van der Waals surface area contributed by atoms with Gasteiger partial charge in [-0.1, -0.05) is 22.0 Å². The van der Waals surface area contributed by atoms with Crippen LogP contribution in [0.25, 0.3) is 11.0 Å². The van der Waals surface area contributed by atoms with E-state index in [2.05, 4.69) is 25.9 Å². The Morgan fingerprint density at radius 2 is 1.81 bits per heavy atom. The van der Waals surface area contributed by atoms with Gasteiger partial charge in [0.1, 0.15) is 5.82 Å². The first kappa shape index (κ1) is 14.1. The van der Waals surface area contributed by atoms with Gasteiger partial charge in [-0.05, 0) is 47.9 Å². The lowest BCUT2D eigenvalue weighted by Crippen LogP contribution is -2.14. The molecule has 0 radical (unpaired) electrons. The van der Waals surface area contributed by atoms with Crippen molar-refractivity contribution in [3.63, 3.8) is 0 Å². The molecule has 0 bridgehead atoms. The van der Waals surface area contributed by atoms with Crippen molar-refractivity contribution in [3.05, 3.63) is 70.2 Å². The van der Waals surface area contributed by atoms with Crippen LogP contribution >= 0.6 is 15.9 Å². The number of aromatic nitrogens is 2. The van der Waals surface area contributed by atoms with E-state index in [4.69, 9.17) is 5.73 Å². The quantitative estimate of drug-likeness (QED) is 0.785. The molecule has 0 saturated heterocycles. The number of rotatable bonds is 3. The van der Waals surface area contributed by atoms with Gasteiger partial charge in [-0.3, -0.25) is 9.97 Å². The monoisotopic (exact) mass is 345 g/mol. The summed E-state index contributed by atoms with van der Waals surface area (Å²) in [7, 11) is 0. The lowest BCUT2D eigenvalue weighted by Gasteiger charge is -2.14. The lowest BCUT2D eigenvalue weighted by molar-refractivity contribution is 0.621. The van der Waals surface area contributed by atoms with Gasteiger partial charge in [0.25, 0.3) is 0 Å². The van der Waals surface area contributed by atoms with Crippen LogP contribution in [0.2, 0.25) is 0 Å². The molecule has 21 heavy (non-hydrogen) atoms. The molecule has 0 fully saturated rings. The van der Waals surface area contributed by atoms with Gasteiger partial charge in [0.15, 0.2) is 0 Å². The first-order valence-electron chi connectivity index (χ1n) is 6.53. The van der Waals surface area contributed by atoms with Gasteiger partial charge in [0, 0.05) is 22.9 Å². The van der Waals surface area contributed by atoms with Crippen LogP contribution in [0.3, 0.4) is 0 Å². The van der Waals surface area contributed by atoms with Gasteiger partial charge in [0.05, 0.1) is 11.0 Å². The fraction of sp³-hybridized carbons (Fsp3) is 0.125. The molecule has 1 unspecified atom stereocenters. The average Bonchev–Trinajstić information content (AvgIpc) is 2.50. The number of nitrogens with two attached hydrogens (primary N) is 1. The van der Waals surface area contributed by atoms with E-state index < -0.39 is 0 Å². The van der Waals surface area contributed by atoms with E-state index in [0.29, 0.717) is 6.42 Å². The van der Waals surface area contributed by atoms with Crippen molar-refractivity contribution in [2.24, 2.45) is 5.73 Å². The van der Waals surface area contributed by atoms with Gasteiger partial charge in [-0.2, -0.15) is 0 Å². The number of benzene rings is 2. The molecule has 0 aliphatic heterocycles. The number of hydrogen-bond donors (Lipinski definition) is 1. The highest BCUT2D eigenvalue weighted by Gasteiger charge is 2.11. The molecule has 2 N–H and O–H groups in total. The Morgan fingerprint density at radius 1 is 1.05 bits per heavy atom. The van der Waals surface area contributed by atoms with Crippen molar-refractivity contribution >= 4 is 27.0 Å². The molecule has 3 nitrogen and oxygen atoms in total. The third kappa shape index (κ3) is 3.09. The van der Waals surface area contributed by atoms with Crippen LogP contribution in [0.5, 0.6) is 0 Å². The summed E-state index contributed by atoms with van der Waals surface area (Å²) in [5.41, 5.74) is 9.69. The zero-order valence-corrected chi connectivity index (χ0v) is 12.7. The van der Waals surface area contributed by atoms with Crippen molar-refractivity contribution in [2.45, 2.75) is 12.5 Å². The highest BCUT2D eigenvalue weighted by atomic mass is 79.9. The number of halogens is 2. The number of hydrogen-bond acceptors (Lipinski definition) is 3. The molecule has 0 aliphatic carbocycles. The van der Waals surface area contributed by atoms with Gasteiger partial charge in [-0.25, -0.2) is 4.39 Å². The van der Waals surface area contributed by atoms with Crippen molar-refractivity contribution in [1.29, 1.82) is 0 Å². The summed E-state index contributed by atoms with van der Waals surface area (Å²) in [6.07, 6.45) is 3.86. The summed E-state index contributed by atoms with van der Waals surface area (Å²) in [6, 6.07) is 10.2. The molecule has 1 atom stereocenters. The summed E-state index contributed by atoms with van der Waals surface area (Å²) >= 11 is 3.43. The highest BCUT2D eigenvalue weighted by Crippen LogP contribution is 2.24. The highest BCUT2D eigenvalue weighted by molar-refractivity contribution is 9.10. The van der Waals surface area contributed by atoms with E-state index in [-0.39, 0.29) is 11.9 Å². The second-order valence-electron chi connectivity index (χ2n) is 4.85. The van der Waals surface area contributed by atoms with Crippen LogP contribution in [0.1, 0.15) is 17.2 Å². The third-order valence-electron chi connectivity index (χ3n) is 3.37. The molecule has 0 amide bonds. The van der Waals surface area contributed by atoms with Crippen LogP contribution in [0.15, 0.2) is 53.3 Å². The molecule has 5 heteroatoms. The normalized spacial score (nSPS) is 12.5. The summed E-state index contributed by atoms with van der Waals surface area (Å²) < 4.78 is 14.2. The maximum atomic E-state index is 13.3. The summed E-state index contributed by atoms with van der Waals surface area (Å²) in [4.78, 5) is 8.51. The van der Waals surface area contributed by atoms with Crippen molar-refractivity contribution in [1.82, 2.24) is 9.97 Å². The Morgan fingerprint density at radius 3 is 2.62 bits per heavy atom. The van der Waals surface area contributed by atoms with Gasteiger partial charge in [0.2, 0.25) is 0 Å². The minimum atomic E-state index is -0.259. The molecular weight excluding hydrogens is 333 g/mol. The Bertz CT molecular complexity index is 791. The second kappa shape index (κ2) is 5.87. The SMILES string of the molecule is NC(Cc1cc(F)ccc1Br)c1ccc2nccnc2c1. The third-order valence-corrected chi connectivity index (χ3v) is 4.14. The van der Waals surface area contributed by atoms with E-state index in [0.717, 1.165) is 26.6 Å². The van der Waals surface area contributed by atoms with Gasteiger partial charge >= 0.3 is 0 Å². The van der Waals surface area contributed by atoms with Crippen molar-refractivity contribution < 1.29 is 4.39 Å². The zero-order chi connectivity index (χ0) is 14.8. The molecule has 0 saturated carbocycles. The summed E-state index contributed by atoms with van der Waals surface area (Å²) in [5, 5.41) is 0. The van der Waals surface area contributed by atoms with E-state index in [1.54, 1.807) is 18.5 Å². The Hall–Kier alpha value is -1.85. The number of nitrogens with zero attached hydrogens (tertiary/aromatic N) is 2. The van der Waals surface area contributed by atoms with E-state index in [1.165, 1.54) is 12.1 Å². The average molecular weight is 346 g/mol. The molecule has 1 heterocycles. The van der Waals surface area contributed by atoms with Crippen molar-refractivity contribution in [2.75, 3.05) is 0 Å². The van der Waals surface area contributed by atoms with Crippen LogP contribution in [0.4, 0.5) is 4.39 Å². The summed E-state index contributed by atoms with van der Waals surface area (Å²) in [5.74, 6) is -0.259. The van der Waals surface area contributed by atoms with Crippen molar-refractivity contribution in [3.8, 4) is 0 Å². The Labute approximate surface area is 130 Å². The molecule has 106 valence electrons. The predicted molar refractivity (Wildman–Crippen MR) is 84.3 cm³/mol. The van der Waals surface area contributed by atoms with Crippen LogP contribution in [-0.4, -0.2) is 9.97 Å². The Kier molecular flexibility index (Phi) is 3.94. The first-order valence-corrected chi connectivity index (χ1v) is 7.33. The molecule has 1 aromatic heterocycles. The fourth-order valence-electron chi connectivity index (χ4n) is 2.27. The van der Waals surface area contributed by atoms with Crippen LogP contribution in [0, 0.1) is 5.82 Å². The Balaban J connectivity index is 1.89. The molecule has 3 aromatic rings. The second-order valence-corrected chi connectivity index (χ2v) is 5.71. The maximum Gasteiger partial charge on any atom is 0.123 e. The minimum Gasteiger partial charge on any atom is -0.324 e. The van der Waals surface area contributed by atoms with Crippen LogP contribution < -0.4 is 5.73 Å². The zero-order valence-electron chi connectivity index (χ0n) is 11.1. The fourth-order valence-corrected chi connectivity index (χ4v) is 2.67. The van der Waals surface area contributed by atoms with E-state index in [9.17, 15) is 4.39 Å². The van der Waals surface area contributed by atoms with Crippen LogP contribution in [-0.2, 0) is 6.42 Å². The molecule has 0 aliphatic rings. The molecular formula is C16H13BrFN3. The largest absolute Gasteiger partial charge is 0.324 e. The topological polar surface area (TPSA) is 51.8 Å².